The monoisotopic (exact) mass is 285 g/mol. The van der Waals surface area contributed by atoms with E-state index < -0.39 is 0 Å². The molecule has 0 radical (unpaired) electrons. The fraction of sp³-hybridized carbons (Fsp3) is 1.00. The number of nitrogens with zero attached hydrogens (tertiary/aromatic N) is 2. The van der Waals surface area contributed by atoms with Crippen LogP contribution in [0.5, 0.6) is 0 Å². The van der Waals surface area contributed by atoms with Gasteiger partial charge in [0, 0.05) is 31.8 Å². The van der Waals surface area contributed by atoms with Crippen LogP contribution in [-0.4, -0.2) is 74.9 Å². The second-order valence-corrected chi connectivity index (χ2v) is 5.93. The van der Waals surface area contributed by atoms with Crippen molar-refractivity contribution in [3.8, 4) is 0 Å². The van der Waals surface area contributed by atoms with Crippen molar-refractivity contribution in [3.63, 3.8) is 0 Å². The lowest BCUT2D eigenvalue weighted by Crippen LogP contribution is -2.49. The van der Waals surface area contributed by atoms with E-state index in [0.29, 0.717) is 6.04 Å². The number of ether oxygens (including phenoxy) is 1. The highest BCUT2D eigenvalue weighted by molar-refractivity contribution is 4.81. The molecule has 0 aliphatic carbocycles. The zero-order chi connectivity index (χ0) is 14.8. The number of hydrogen-bond donors (Lipinski definition) is 1. The molecule has 0 amide bonds. The SMILES string of the molecule is CCOCCCNCC(C)N(C)C1CCN(CC)CC1. The molecular formula is C16H35N3O. The Hall–Kier alpha value is -0.160. The molecule has 1 N–H and O–H groups in total. The van der Waals surface area contributed by atoms with Crippen LogP contribution in [0.15, 0.2) is 0 Å². The molecule has 1 unspecified atom stereocenters. The zero-order valence-electron chi connectivity index (χ0n) is 14.0. The maximum Gasteiger partial charge on any atom is 0.0477 e. The summed E-state index contributed by atoms with van der Waals surface area (Å²) in [6, 6.07) is 1.37. The summed E-state index contributed by atoms with van der Waals surface area (Å²) in [5, 5.41) is 3.55. The molecule has 1 saturated heterocycles. The zero-order valence-corrected chi connectivity index (χ0v) is 14.0. The normalized spacial score (nSPS) is 19.6. The molecule has 0 aromatic carbocycles. The third-order valence-electron chi connectivity index (χ3n) is 4.56. The lowest BCUT2D eigenvalue weighted by atomic mass is 10.0. The highest BCUT2D eigenvalue weighted by Crippen LogP contribution is 2.16. The number of piperidine rings is 1. The van der Waals surface area contributed by atoms with E-state index in [0.717, 1.165) is 38.8 Å². The van der Waals surface area contributed by atoms with Crippen molar-refractivity contribution < 1.29 is 4.74 Å². The Kier molecular flexibility index (Phi) is 9.44. The number of likely N-dealkylation sites (N-methyl/N-ethyl adjacent to an activating group) is 1. The fourth-order valence-corrected chi connectivity index (χ4v) is 2.90. The number of likely N-dealkylation sites (tertiary alicyclic amines) is 1. The Labute approximate surface area is 125 Å². The average Bonchev–Trinajstić information content (AvgIpc) is 2.50. The quantitative estimate of drug-likeness (QED) is 0.620. The number of rotatable bonds is 10. The van der Waals surface area contributed by atoms with E-state index in [2.05, 4.69) is 36.0 Å². The van der Waals surface area contributed by atoms with Gasteiger partial charge in [0.25, 0.3) is 0 Å². The van der Waals surface area contributed by atoms with Crippen LogP contribution in [-0.2, 0) is 4.74 Å². The second-order valence-electron chi connectivity index (χ2n) is 5.93. The van der Waals surface area contributed by atoms with E-state index >= 15 is 0 Å². The minimum absolute atomic E-state index is 0.611. The highest BCUT2D eigenvalue weighted by Gasteiger charge is 2.24. The summed E-state index contributed by atoms with van der Waals surface area (Å²) < 4.78 is 5.35. The van der Waals surface area contributed by atoms with E-state index in [-0.39, 0.29) is 0 Å². The van der Waals surface area contributed by atoms with Gasteiger partial charge in [0.15, 0.2) is 0 Å². The molecule has 0 bridgehead atoms. The molecule has 120 valence electrons. The molecule has 1 aliphatic heterocycles. The van der Waals surface area contributed by atoms with Crippen molar-refractivity contribution in [2.45, 2.75) is 52.1 Å². The summed E-state index contributed by atoms with van der Waals surface area (Å²) in [6.07, 6.45) is 3.75. The molecule has 0 spiro atoms. The van der Waals surface area contributed by atoms with E-state index in [1.54, 1.807) is 0 Å². The fourth-order valence-electron chi connectivity index (χ4n) is 2.90. The largest absolute Gasteiger partial charge is 0.382 e. The van der Waals surface area contributed by atoms with Crippen molar-refractivity contribution in [2.24, 2.45) is 0 Å². The van der Waals surface area contributed by atoms with Crippen molar-refractivity contribution in [1.82, 2.24) is 15.1 Å². The Morgan fingerprint density at radius 2 is 2.00 bits per heavy atom. The molecule has 1 aliphatic rings. The third-order valence-corrected chi connectivity index (χ3v) is 4.56. The number of hydrogen-bond acceptors (Lipinski definition) is 4. The summed E-state index contributed by atoms with van der Waals surface area (Å²) in [6.45, 7) is 14.2. The van der Waals surface area contributed by atoms with Crippen molar-refractivity contribution in [2.75, 3.05) is 53.0 Å². The van der Waals surface area contributed by atoms with E-state index in [1.165, 1.54) is 32.5 Å². The van der Waals surface area contributed by atoms with E-state index in [4.69, 9.17) is 4.74 Å². The first-order valence-electron chi connectivity index (χ1n) is 8.41. The van der Waals surface area contributed by atoms with Gasteiger partial charge in [0.05, 0.1) is 0 Å². The molecule has 0 aromatic heterocycles. The average molecular weight is 285 g/mol. The lowest BCUT2D eigenvalue weighted by Gasteiger charge is -2.39. The van der Waals surface area contributed by atoms with Gasteiger partial charge >= 0.3 is 0 Å². The van der Waals surface area contributed by atoms with Gasteiger partial charge in [-0.1, -0.05) is 6.92 Å². The maximum absolute atomic E-state index is 5.35. The molecule has 1 rings (SSSR count). The molecule has 1 atom stereocenters. The van der Waals surface area contributed by atoms with Gasteiger partial charge in [-0.15, -0.1) is 0 Å². The minimum atomic E-state index is 0.611. The van der Waals surface area contributed by atoms with Gasteiger partial charge in [0.2, 0.25) is 0 Å². The van der Waals surface area contributed by atoms with E-state index in [1.807, 2.05) is 6.92 Å². The van der Waals surface area contributed by atoms with Gasteiger partial charge in [-0.05, 0) is 66.3 Å². The summed E-state index contributed by atoms with van der Waals surface area (Å²) in [4.78, 5) is 5.13. The minimum Gasteiger partial charge on any atom is -0.382 e. The third kappa shape index (κ3) is 6.53. The Morgan fingerprint density at radius 1 is 1.30 bits per heavy atom. The van der Waals surface area contributed by atoms with E-state index in [9.17, 15) is 0 Å². The van der Waals surface area contributed by atoms with Crippen molar-refractivity contribution >= 4 is 0 Å². The molecule has 4 nitrogen and oxygen atoms in total. The molecule has 20 heavy (non-hydrogen) atoms. The Morgan fingerprint density at radius 3 is 2.60 bits per heavy atom. The standard InChI is InChI=1S/C16H35N3O/c1-5-19-11-8-16(9-12-19)18(4)15(3)14-17-10-7-13-20-6-2/h15-17H,5-14H2,1-4H3. The van der Waals surface area contributed by atoms with Crippen LogP contribution in [0.2, 0.25) is 0 Å². The first kappa shape index (κ1) is 17.9. The summed E-state index contributed by atoms with van der Waals surface area (Å²) >= 11 is 0. The van der Waals surface area contributed by atoms with Crippen LogP contribution < -0.4 is 5.32 Å². The predicted molar refractivity (Wildman–Crippen MR) is 86.3 cm³/mol. The topological polar surface area (TPSA) is 27.7 Å². The van der Waals surface area contributed by atoms with Crippen LogP contribution in [0.1, 0.15) is 40.0 Å². The Bertz CT molecular complexity index is 230. The highest BCUT2D eigenvalue weighted by atomic mass is 16.5. The Balaban J connectivity index is 2.11. The van der Waals surface area contributed by atoms with Crippen LogP contribution >= 0.6 is 0 Å². The maximum atomic E-state index is 5.35. The number of nitrogens with one attached hydrogen (secondary N) is 1. The van der Waals surface area contributed by atoms with Crippen LogP contribution in [0.3, 0.4) is 0 Å². The van der Waals surface area contributed by atoms with Gasteiger partial charge in [0.1, 0.15) is 0 Å². The van der Waals surface area contributed by atoms with Gasteiger partial charge in [-0.3, -0.25) is 4.90 Å². The van der Waals surface area contributed by atoms with Crippen LogP contribution in [0.4, 0.5) is 0 Å². The molecular weight excluding hydrogens is 250 g/mol. The smallest absolute Gasteiger partial charge is 0.0477 e. The molecule has 1 fully saturated rings. The molecule has 0 saturated carbocycles. The molecule has 4 heteroatoms. The first-order valence-corrected chi connectivity index (χ1v) is 8.41. The lowest BCUT2D eigenvalue weighted by molar-refractivity contribution is 0.103. The summed E-state index contributed by atoms with van der Waals surface area (Å²) in [5.41, 5.74) is 0. The van der Waals surface area contributed by atoms with Crippen LogP contribution in [0, 0.1) is 0 Å². The first-order chi connectivity index (χ1) is 9.69. The van der Waals surface area contributed by atoms with Crippen LogP contribution in [0.25, 0.3) is 0 Å². The van der Waals surface area contributed by atoms with Gasteiger partial charge < -0.3 is 15.0 Å². The van der Waals surface area contributed by atoms with Crippen molar-refractivity contribution in [1.29, 1.82) is 0 Å². The van der Waals surface area contributed by atoms with Gasteiger partial charge in [-0.25, -0.2) is 0 Å². The summed E-state index contributed by atoms with van der Waals surface area (Å²) in [5.74, 6) is 0. The molecule has 1 heterocycles. The summed E-state index contributed by atoms with van der Waals surface area (Å²) in [7, 11) is 2.29. The van der Waals surface area contributed by atoms with Crippen molar-refractivity contribution in [3.05, 3.63) is 0 Å². The van der Waals surface area contributed by atoms with Gasteiger partial charge in [-0.2, -0.15) is 0 Å². The predicted octanol–water partition coefficient (Wildman–Crippen LogP) is 1.81. The second kappa shape index (κ2) is 10.6. The molecule has 0 aromatic rings.